The summed E-state index contributed by atoms with van der Waals surface area (Å²) in [5, 5.41) is 9.53. The third kappa shape index (κ3) is 2.85. The van der Waals surface area contributed by atoms with Crippen LogP contribution >= 0.6 is 11.3 Å². The molecule has 4 rings (SSSR count). The number of thiophene rings is 1. The van der Waals surface area contributed by atoms with Gasteiger partial charge in [0, 0.05) is 36.3 Å². The number of fused-ring (bicyclic) bond motifs is 1. The minimum atomic E-state index is -0.0931. The first-order valence-electron chi connectivity index (χ1n) is 8.69. The quantitative estimate of drug-likeness (QED) is 0.669. The zero-order valence-electron chi connectivity index (χ0n) is 14.9. The number of hydrogen-bond acceptors (Lipinski definition) is 4. The van der Waals surface area contributed by atoms with Gasteiger partial charge in [0.25, 0.3) is 5.91 Å². The molecule has 1 atom stereocenters. The molecule has 0 spiro atoms. The van der Waals surface area contributed by atoms with E-state index in [1.165, 1.54) is 5.56 Å². The van der Waals surface area contributed by atoms with Crippen molar-refractivity contribution in [3.8, 4) is 11.3 Å². The Morgan fingerprint density at radius 1 is 1.27 bits per heavy atom. The highest BCUT2D eigenvalue weighted by Gasteiger charge is 2.42. The fourth-order valence-corrected chi connectivity index (χ4v) is 4.33. The number of carbonyl (C=O) groups is 1. The molecule has 3 aromatic rings. The van der Waals surface area contributed by atoms with Crippen LogP contribution in [-0.2, 0) is 4.74 Å². The Balaban J connectivity index is 1.78. The van der Waals surface area contributed by atoms with Gasteiger partial charge in [-0.15, -0.1) is 11.3 Å². The van der Waals surface area contributed by atoms with Gasteiger partial charge in [0.05, 0.1) is 11.7 Å². The number of aryl methyl sites for hydroxylation is 1. The van der Waals surface area contributed by atoms with Crippen molar-refractivity contribution in [3.05, 3.63) is 63.5 Å². The molecular weight excluding hydrogens is 346 g/mol. The minimum Gasteiger partial charge on any atom is -0.385 e. The maximum Gasteiger partial charge on any atom is 0.273 e. The number of nitrogens with one attached hydrogen (secondary N) is 1. The minimum absolute atomic E-state index is 0.0142. The number of H-pyrrole nitrogens is 1. The summed E-state index contributed by atoms with van der Waals surface area (Å²) in [6.45, 7) is 3.36. The Bertz CT molecular complexity index is 900. The van der Waals surface area contributed by atoms with E-state index < -0.39 is 0 Å². The van der Waals surface area contributed by atoms with Crippen LogP contribution in [0.5, 0.6) is 0 Å². The average molecular weight is 367 g/mol. The van der Waals surface area contributed by atoms with Crippen molar-refractivity contribution in [1.82, 2.24) is 15.1 Å². The van der Waals surface area contributed by atoms with Gasteiger partial charge in [-0.3, -0.25) is 9.89 Å². The van der Waals surface area contributed by atoms with Crippen LogP contribution in [0.15, 0.2) is 41.8 Å². The normalized spacial score (nSPS) is 16.3. The molecule has 6 heteroatoms. The van der Waals surface area contributed by atoms with Crippen LogP contribution < -0.4 is 0 Å². The number of aromatic nitrogens is 2. The van der Waals surface area contributed by atoms with Crippen molar-refractivity contribution in [2.75, 3.05) is 20.3 Å². The monoisotopic (exact) mass is 367 g/mol. The molecule has 134 valence electrons. The second kappa shape index (κ2) is 7.05. The van der Waals surface area contributed by atoms with E-state index in [1.54, 1.807) is 18.4 Å². The number of rotatable bonds is 6. The Kier molecular flexibility index (Phi) is 4.61. The van der Waals surface area contributed by atoms with E-state index in [1.807, 2.05) is 11.0 Å². The molecule has 0 bridgehead atoms. The lowest BCUT2D eigenvalue weighted by Crippen LogP contribution is -2.30. The number of benzene rings is 1. The van der Waals surface area contributed by atoms with E-state index in [0.717, 1.165) is 28.1 Å². The first-order chi connectivity index (χ1) is 12.7. The van der Waals surface area contributed by atoms with Gasteiger partial charge in [-0.25, -0.2) is 0 Å². The average Bonchev–Trinajstić information content (AvgIpc) is 3.35. The molecule has 0 saturated heterocycles. The summed E-state index contributed by atoms with van der Waals surface area (Å²) in [6, 6.07) is 12.3. The maximum absolute atomic E-state index is 13.0. The summed E-state index contributed by atoms with van der Waals surface area (Å²) >= 11 is 1.67. The molecule has 1 N–H and O–H groups in total. The van der Waals surface area contributed by atoms with E-state index >= 15 is 0 Å². The molecule has 0 aliphatic carbocycles. The molecule has 3 heterocycles. The van der Waals surface area contributed by atoms with Crippen LogP contribution in [0.2, 0.25) is 0 Å². The molecule has 2 aromatic heterocycles. The highest BCUT2D eigenvalue weighted by molar-refractivity contribution is 7.10. The number of amides is 1. The lowest BCUT2D eigenvalue weighted by atomic mass is 10.00. The number of ether oxygens (including phenoxy) is 1. The largest absolute Gasteiger partial charge is 0.385 e. The van der Waals surface area contributed by atoms with Crippen LogP contribution in [0.4, 0.5) is 0 Å². The first kappa shape index (κ1) is 17.0. The fraction of sp³-hybridized carbons (Fsp3) is 0.300. The highest BCUT2D eigenvalue weighted by Crippen LogP contribution is 2.44. The third-order valence-corrected chi connectivity index (χ3v) is 5.67. The molecule has 0 radical (unpaired) electrons. The first-order valence-corrected chi connectivity index (χ1v) is 9.57. The predicted molar refractivity (Wildman–Crippen MR) is 102 cm³/mol. The fourth-order valence-electron chi connectivity index (χ4n) is 3.48. The Labute approximate surface area is 156 Å². The van der Waals surface area contributed by atoms with Crippen LogP contribution in [0.25, 0.3) is 11.3 Å². The van der Waals surface area contributed by atoms with Crippen molar-refractivity contribution in [2.45, 2.75) is 19.4 Å². The smallest absolute Gasteiger partial charge is 0.273 e. The van der Waals surface area contributed by atoms with E-state index in [0.29, 0.717) is 18.8 Å². The van der Waals surface area contributed by atoms with Crippen molar-refractivity contribution in [3.63, 3.8) is 0 Å². The predicted octanol–water partition coefficient (Wildman–Crippen LogP) is 4.03. The van der Waals surface area contributed by atoms with Gasteiger partial charge < -0.3 is 9.64 Å². The molecule has 1 aromatic carbocycles. The molecule has 1 aliphatic rings. The number of aromatic amines is 1. The van der Waals surface area contributed by atoms with E-state index in [-0.39, 0.29) is 11.9 Å². The van der Waals surface area contributed by atoms with Crippen LogP contribution in [-0.4, -0.2) is 41.3 Å². The van der Waals surface area contributed by atoms with Gasteiger partial charge in [-0.2, -0.15) is 5.10 Å². The van der Waals surface area contributed by atoms with Crippen molar-refractivity contribution in [2.24, 2.45) is 0 Å². The van der Waals surface area contributed by atoms with Crippen LogP contribution in [0, 0.1) is 6.92 Å². The topological polar surface area (TPSA) is 58.2 Å². The Hall–Kier alpha value is -2.44. The molecule has 26 heavy (non-hydrogen) atoms. The third-order valence-electron chi connectivity index (χ3n) is 4.75. The van der Waals surface area contributed by atoms with E-state index in [4.69, 9.17) is 4.74 Å². The summed E-state index contributed by atoms with van der Waals surface area (Å²) in [7, 11) is 1.69. The molecule has 0 saturated carbocycles. The van der Waals surface area contributed by atoms with Crippen molar-refractivity contribution in [1.29, 1.82) is 0 Å². The van der Waals surface area contributed by atoms with E-state index in [9.17, 15) is 4.79 Å². The summed E-state index contributed by atoms with van der Waals surface area (Å²) in [5.74, 6) is 0.0142. The zero-order chi connectivity index (χ0) is 18.1. The number of hydrogen-bond donors (Lipinski definition) is 1. The summed E-state index contributed by atoms with van der Waals surface area (Å²) in [4.78, 5) is 16.1. The van der Waals surface area contributed by atoms with Crippen molar-refractivity contribution < 1.29 is 9.53 Å². The molecule has 1 aliphatic heterocycles. The molecule has 1 unspecified atom stereocenters. The Morgan fingerprint density at radius 3 is 2.77 bits per heavy atom. The highest BCUT2D eigenvalue weighted by atomic mass is 32.1. The zero-order valence-corrected chi connectivity index (χ0v) is 15.7. The lowest BCUT2D eigenvalue weighted by molar-refractivity contribution is 0.0725. The van der Waals surface area contributed by atoms with Gasteiger partial charge >= 0.3 is 0 Å². The van der Waals surface area contributed by atoms with Crippen molar-refractivity contribution >= 4 is 17.2 Å². The number of nitrogens with zero attached hydrogens (tertiary/aromatic N) is 2. The van der Waals surface area contributed by atoms with Gasteiger partial charge in [-0.1, -0.05) is 35.9 Å². The van der Waals surface area contributed by atoms with Crippen LogP contribution in [0.1, 0.15) is 39.0 Å². The number of carbonyl (C=O) groups excluding carboxylic acids is 1. The lowest BCUT2D eigenvalue weighted by Gasteiger charge is -2.25. The van der Waals surface area contributed by atoms with E-state index in [2.05, 4.69) is 52.8 Å². The SMILES string of the molecule is COCCCN1C(=O)c2[nH]nc(-c3ccc(C)cc3)c2C1c1cccs1. The maximum atomic E-state index is 13.0. The second-order valence-electron chi connectivity index (χ2n) is 6.49. The van der Waals surface area contributed by atoms with Gasteiger partial charge in [0.2, 0.25) is 0 Å². The molecule has 5 nitrogen and oxygen atoms in total. The second-order valence-corrected chi connectivity index (χ2v) is 7.47. The van der Waals surface area contributed by atoms with Gasteiger partial charge in [-0.05, 0) is 24.8 Å². The Morgan fingerprint density at radius 2 is 2.08 bits per heavy atom. The molecular formula is C20H21N3O2S. The summed E-state index contributed by atoms with van der Waals surface area (Å²) in [5.41, 5.74) is 4.69. The summed E-state index contributed by atoms with van der Waals surface area (Å²) in [6.07, 6.45) is 0.807. The molecule has 0 fully saturated rings. The number of methoxy groups -OCH3 is 1. The van der Waals surface area contributed by atoms with Gasteiger partial charge in [0.15, 0.2) is 0 Å². The molecule has 1 amide bonds. The standard InChI is InChI=1S/C20H21N3O2S/c1-13-6-8-14(9-7-13)17-16-18(22-21-17)20(24)23(10-4-11-25-2)19(16)15-5-3-12-26-15/h3,5-9,12,19H,4,10-11H2,1-2H3,(H,21,22). The van der Waals surface area contributed by atoms with Gasteiger partial charge in [0.1, 0.15) is 5.69 Å². The summed E-state index contributed by atoms with van der Waals surface area (Å²) < 4.78 is 5.17. The van der Waals surface area contributed by atoms with Crippen LogP contribution in [0.3, 0.4) is 0 Å².